The highest BCUT2D eigenvalue weighted by atomic mass is 32.2. The number of methoxy groups -OCH3 is 1. The van der Waals surface area contributed by atoms with E-state index in [1.807, 2.05) is 0 Å². The molecule has 0 unspecified atom stereocenters. The van der Waals surface area contributed by atoms with Gasteiger partial charge in [0.05, 0.1) is 18.3 Å². The SMILES string of the molecule is COc1ccc(S(=O)(=O)N2CCN(C(=O)c3occc3C)CC2)cc1. The highest BCUT2D eigenvalue weighted by molar-refractivity contribution is 7.89. The normalized spacial score (nSPS) is 16.0. The Hall–Kier alpha value is -2.32. The average molecular weight is 364 g/mol. The smallest absolute Gasteiger partial charge is 0.289 e. The number of furan rings is 1. The van der Waals surface area contributed by atoms with E-state index in [4.69, 9.17) is 9.15 Å². The molecular formula is C17H20N2O5S. The van der Waals surface area contributed by atoms with Gasteiger partial charge >= 0.3 is 0 Å². The summed E-state index contributed by atoms with van der Waals surface area (Å²) in [6.07, 6.45) is 1.48. The van der Waals surface area contributed by atoms with Crippen LogP contribution in [0.4, 0.5) is 0 Å². The molecule has 1 aromatic heterocycles. The van der Waals surface area contributed by atoms with Crippen molar-refractivity contribution in [1.82, 2.24) is 9.21 Å². The number of carbonyl (C=O) groups is 1. The summed E-state index contributed by atoms with van der Waals surface area (Å²) in [5.74, 6) is 0.707. The van der Waals surface area contributed by atoms with Crippen LogP contribution in [0.15, 0.2) is 45.9 Å². The third kappa shape index (κ3) is 3.40. The largest absolute Gasteiger partial charge is 0.497 e. The van der Waals surface area contributed by atoms with Crippen LogP contribution >= 0.6 is 0 Å². The van der Waals surface area contributed by atoms with Crippen LogP contribution in [0.5, 0.6) is 5.75 Å². The molecule has 1 fully saturated rings. The van der Waals surface area contributed by atoms with Crippen LogP contribution in [0.25, 0.3) is 0 Å². The summed E-state index contributed by atoms with van der Waals surface area (Å²) in [6.45, 7) is 2.96. The standard InChI is InChI=1S/C17H20N2O5S/c1-13-7-12-24-16(13)17(20)18-8-10-19(11-9-18)25(21,22)15-5-3-14(23-2)4-6-15/h3-7,12H,8-11H2,1-2H3. The summed E-state index contributed by atoms with van der Waals surface area (Å²) in [4.78, 5) is 14.3. The number of nitrogens with zero attached hydrogens (tertiary/aromatic N) is 2. The number of sulfonamides is 1. The molecule has 0 N–H and O–H groups in total. The second kappa shape index (κ2) is 6.89. The summed E-state index contributed by atoms with van der Waals surface area (Å²) in [6, 6.07) is 8.02. The number of carbonyl (C=O) groups excluding carboxylic acids is 1. The summed E-state index contributed by atoms with van der Waals surface area (Å²) in [5, 5.41) is 0. The van der Waals surface area contributed by atoms with E-state index in [-0.39, 0.29) is 23.9 Å². The van der Waals surface area contributed by atoms with Crippen LogP contribution in [0.2, 0.25) is 0 Å². The zero-order valence-corrected chi connectivity index (χ0v) is 15.0. The molecule has 2 aromatic rings. The fourth-order valence-electron chi connectivity index (χ4n) is 2.76. The van der Waals surface area contributed by atoms with Crippen molar-refractivity contribution < 1.29 is 22.4 Å². The van der Waals surface area contributed by atoms with Gasteiger partial charge < -0.3 is 14.1 Å². The van der Waals surface area contributed by atoms with Gasteiger partial charge in [0.2, 0.25) is 10.0 Å². The summed E-state index contributed by atoms with van der Waals surface area (Å²) in [5.41, 5.74) is 0.776. The predicted octanol–water partition coefficient (Wildman–Crippen LogP) is 1.74. The second-order valence-corrected chi connectivity index (χ2v) is 7.74. The van der Waals surface area contributed by atoms with Crippen molar-refractivity contribution in [3.05, 3.63) is 47.9 Å². The first-order valence-corrected chi connectivity index (χ1v) is 9.35. The van der Waals surface area contributed by atoms with Gasteiger partial charge in [0.25, 0.3) is 5.91 Å². The average Bonchev–Trinajstić information content (AvgIpc) is 3.07. The Kier molecular flexibility index (Phi) is 4.82. The zero-order valence-electron chi connectivity index (χ0n) is 14.1. The van der Waals surface area contributed by atoms with Crippen molar-refractivity contribution in [2.45, 2.75) is 11.8 Å². The molecule has 7 nitrogen and oxygen atoms in total. The minimum atomic E-state index is -3.58. The molecular weight excluding hydrogens is 344 g/mol. The van der Waals surface area contributed by atoms with E-state index in [0.29, 0.717) is 24.6 Å². The molecule has 0 aliphatic carbocycles. The molecule has 0 saturated carbocycles. The van der Waals surface area contributed by atoms with E-state index in [0.717, 1.165) is 5.56 Å². The van der Waals surface area contributed by atoms with Crippen LogP contribution in [0, 0.1) is 6.92 Å². The van der Waals surface area contributed by atoms with E-state index < -0.39 is 10.0 Å². The van der Waals surface area contributed by atoms with Gasteiger partial charge in [0, 0.05) is 31.7 Å². The highest BCUT2D eigenvalue weighted by Gasteiger charge is 2.31. The summed E-state index contributed by atoms with van der Waals surface area (Å²) in [7, 11) is -2.05. The van der Waals surface area contributed by atoms with Gasteiger partial charge in [-0.25, -0.2) is 8.42 Å². The Balaban J connectivity index is 1.68. The zero-order chi connectivity index (χ0) is 18.0. The van der Waals surface area contributed by atoms with Crippen molar-refractivity contribution >= 4 is 15.9 Å². The lowest BCUT2D eigenvalue weighted by molar-refractivity contribution is 0.0665. The number of ether oxygens (including phenoxy) is 1. The van der Waals surface area contributed by atoms with E-state index in [1.54, 1.807) is 30.0 Å². The first-order chi connectivity index (χ1) is 11.9. The molecule has 25 heavy (non-hydrogen) atoms. The number of piperazine rings is 1. The Morgan fingerprint density at radius 3 is 2.24 bits per heavy atom. The number of benzene rings is 1. The van der Waals surface area contributed by atoms with Gasteiger partial charge in [-0.3, -0.25) is 4.79 Å². The fraction of sp³-hybridized carbons (Fsp3) is 0.353. The number of amides is 1. The Morgan fingerprint density at radius 1 is 1.08 bits per heavy atom. The lowest BCUT2D eigenvalue weighted by Gasteiger charge is -2.33. The molecule has 0 atom stereocenters. The van der Waals surface area contributed by atoms with E-state index in [9.17, 15) is 13.2 Å². The quantitative estimate of drug-likeness (QED) is 0.826. The monoisotopic (exact) mass is 364 g/mol. The van der Waals surface area contributed by atoms with Crippen molar-refractivity contribution in [2.24, 2.45) is 0 Å². The minimum absolute atomic E-state index is 0.205. The Labute approximate surface area is 146 Å². The maximum atomic E-state index is 12.7. The molecule has 134 valence electrons. The molecule has 1 aliphatic rings. The van der Waals surface area contributed by atoms with Gasteiger partial charge in [-0.05, 0) is 37.3 Å². The van der Waals surface area contributed by atoms with Crippen LogP contribution in [0.3, 0.4) is 0 Å². The maximum Gasteiger partial charge on any atom is 0.289 e. The first kappa shape index (κ1) is 17.5. The third-order valence-corrected chi connectivity index (χ3v) is 6.19. The van der Waals surface area contributed by atoms with Crippen LogP contribution < -0.4 is 4.74 Å². The molecule has 2 heterocycles. The summed E-state index contributed by atoms with van der Waals surface area (Å²) >= 11 is 0. The number of rotatable bonds is 4. The van der Waals surface area contributed by atoms with Gasteiger partial charge in [-0.2, -0.15) is 4.31 Å². The van der Waals surface area contributed by atoms with Crippen LogP contribution in [-0.4, -0.2) is 56.8 Å². The van der Waals surface area contributed by atoms with Crippen LogP contribution in [-0.2, 0) is 10.0 Å². The number of hydrogen-bond acceptors (Lipinski definition) is 5. The highest BCUT2D eigenvalue weighted by Crippen LogP contribution is 2.21. The van der Waals surface area contributed by atoms with Gasteiger partial charge in [0.1, 0.15) is 5.75 Å². The topological polar surface area (TPSA) is 80.1 Å². The van der Waals surface area contributed by atoms with E-state index in [1.165, 1.54) is 29.8 Å². The first-order valence-electron chi connectivity index (χ1n) is 7.91. The van der Waals surface area contributed by atoms with Gasteiger partial charge in [-0.15, -0.1) is 0 Å². The van der Waals surface area contributed by atoms with E-state index in [2.05, 4.69) is 0 Å². The van der Waals surface area contributed by atoms with Crippen LogP contribution in [0.1, 0.15) is 16.1 Å². The Bertz CT molecular complexity index is 849. The van der Waals surface area contributed by atoms with E-state index >= 15 is 0 Å². The summed E-state index contributed by atoms with van der Waals surface area (Å²) < 4.78 is 37.1. The van der Waals surface area contributed by atoms with Crippen molar-refractivity contribution in [1.29, 1.82) is 0 Å². The van der Waals surface area contributed by atoms with Crippen molar-refractivity contribution in [2.75, 3.05) is 33.3 Å². The third-order valence-electron chi connectivity index (χ3n) is 4.28. The fourth-order valence-corrected chi connectivity index (χ4v) is 4.19. The molecule has 0 bridgehead atoms. The Morgan fingerprint density at radius 2 is 1.72 bits per heavy atom. The number of aryl methyl sites for hydroxylation is 1. The lowest BCUT2D eigenvalue weighted by atomic mass is 10.2. The molecule has 0 spiro atoms. The van der Waals surface area contributed by atoms with Gasteiger partial charge in [0.15, 0.2) is 5.76 Å². The molecule has 1 saturated heterocycles. The van der Waals surface area contributed by atoms with Crippen molar-refractivity contribution in [3.8, 4) is 5.75 Å². The van der Waals surface area contributed by atoms with Gasteiger partial charge in [-0.1, -0.05) is 0 Å². The molecule has 8 heteroatoms. The maximum absolute atomic E-state index is 12.7. The predicted molar refractivity (Wildman–Crippen MR) is 91.1 cm³/mol. The second-order valence-electron chi connectivity index (χ2n) is 5.80. The minimum Gasteiger partial charge on any atom is -0.497 e. The van der Waals surface area contributed by atoms with Crippen molar-refractivity contribution in [3.63, 3.8) is 0 Å². The molecule has 1 amide bonds. The molecule has 1 aromatic carbocycles. The molecule has 0 radical (unpaired) electrons. The molecule has 3 rings (SSSR count). The molecule has 1 aliphatic heterocycles. The number of hydrogen-bond donors (Lipinski definition) is 0. The lowest BCUT2D eigenvalue weighted by Crippen LogP contribution is -2.50.